The van der Waals surface area contributed by atoms with Crippen molar-refractivity contribution in [1.82, 2.24) is 4.72 Å². The first-order valence-corrected chi connectivity index (χ1v) is 8.43. The minimum Gasteiger partial charge on any atom is -0.380 e. The topological polar surface area (TPSA) is 98.5 Å². The summed E-state index contributed by atoms with van der Waals surface area (Å²) in [4.78, 5) is 9.90. The van der Waals surface area contributed by atoms with Gasteiger partial charge in [-0.1, -0.05) is 25.4 Å². The van der Waals surface area contributed by atoms with Crippen LogP contribution in [0.25, 0.3) is 0 Å². The number of hydrogen-bond acceptors (Lipinski definition) is 6. The molecule has 0 amide bonds. The standard InChI is InChI=1S/C10H15ClN2O5S2/c1-7(2)6-18-4-3-12-20(16,17)9-5-8(13(14)15)10(11)19-9/h5,7,12H,3-4,6H2,1-2H3. The van der Waals surface area contributed by atoms with Gasteiger partial charge in [-0.15, -0.1) is 11.3 Å². The van der Waals surface area contributed by atoms with Gasteiger partial charge in [0, 0.05) is 19.2 Å². The molecule has 0 radical (unpaired) electrons. The Balaban J connectivity index is 2.61. The van der Waals surface area contributed by atoms with Gasteiger partial charge in [-0.2, -0.15) is 0 Å². The van der Waals surface area contributed by atoms with Crippen molar-refractivity contribution >= 4 is 38.6 Å². The first-order valence-electron chi connectivity index (χ1n) is 5.75. The second kappa shape index (κ2) is 7.32. The van der Waals surface area contributed by atoms with Crippen molar-refractivity contribution in [2.45, 2.75) is 18.1 Å². The minimum absolute atomic E-state index is 0.0956. The number of nitro groups is 1. The minimum atomic E-state index is -3.80. The number of nitrogens with zero attached hydrogens (tertiary/aromatic N) is 1. The molecule has 0 aromatic carbocycles. The largest absolute Gasteiger partial charge is 0.380 e. The van der Waals surface area contributed by atoms with Crippen molar-refractivity contribution in [3.63, 3.8) is 0 Å². The van der Waals surface area contributed by atoms with E-state index in [0.717, 1.165) is 6.07 Å². The quantitative estimate of drug-likeness (QED) is 0.444. The molecule has 10 heteroatoms. The average Bonchev–Trinajstić information content (AvgIpc) is 2.71. The van der Waals surface area contributed by atoms with Crippen molar-refractivity contribution in [2.24, 2.45) is 5.92 Å². The van der Waals surface area contributed by atoms with Crippen LogP contribution >= 0.6 is 22.9 Å². The average molecular weight is 343 g/mol. The molecule has 1 heterocycles. The molecule has 0 aliphatic carbocycles. The Kier molecular flexibility index (Phi) is 6.34. The highest BCUT2D eigenvalue weighted by Crippen LogP contribution is 2.35. The van der Waals surface area contributed by atoms with Gasteiger partial charge < -0.3 is 4.74 Å². The maximum Gasteiger partial charge on any atom is 0.300 e. The molecule has 0 aliphatic heterocycles. The number of hydrogen-bond donors (Lipinski definition) is 1. The summed E-state index contributed by atoms with van der Waals surface area (Å²) in [5.41, 5.74) is -0.409. The number of thiophene rings is 1. The second-order valence-electron chi connectivity index (χ2n) is 4.35. The summed E-state index contributed by atoms with van der Waals surface area (Å²) in [7, 11) is -3.80. The fourth-order valence-electron chi connectivity index (χ4n) is 1.23. The van der Waals surface area contributed by atoms with Gasteiger partial charge in [0.15, 0.2) is 4.34 Å². The third-order valence-electron chi connectivity index (χ3n) is 2.10. The molecule has 0 unspecified atom stereocenters. The SMILES string of the molecule is CC(C)COCCNS(=O)(=O)c1cc([N+](=O)[O-])c(Cl)s1. The van der Waals surface area contributed by atoms with Crippen molar-refractivity contribution in [3.05, 3.63) is 20.5 Å². The van der Waals surface area contributed by atoms with Gasteiger partial charge in [0.2, 0.25) is 10.0 Å². The molecule has 0 aliphatic rings. The highest BCUT2D eigenvalue weighted by molar-refractivity contribution is 7.91. The predicted octanol–water partition coefficient (Wildman–Crippen LogP) is 2.26. The molecule has 0 bridgehead atoms. The Morgan fingerprint density at radius 2 is 2.20 bits per heavy atom. The zero-order chi connectivity index (χ0) is 15.3. The van der Waals surface area contributed by atoms with Gasteiger partial charge in [0.1, 0.15) is 4.21 Å². The van der Waals surface area contributed by atoms with E-state index < -0.39 is 20.6 Å². The summed E-state index contributed by atoms with van der Waals surface area (Å²) in [6, 6.07) is 0.949. The number of halogens is 1. The molecular formula is C10H15ClN2O5S2. The summed E-state index contributed by atoms with van der Waals surface area (Å²) in [6.45, 7) is 4.84. The van der Waals surface area contributed by atoms with E-state index in [2.05, 4.69) is 4.72 Å². The Labute approximate surface area is 126 Å². The molecule has 0 saturated carbocycles. The molecule has 1 aromatic rings. The van der Waals surface area contributed by atoms with Gasteiger partial charge in [-0.05, 0) is 5.92 Å². The van der Waals surface area contributed by atoms with E-state index in [4.69, 9.17) is 16.3 Å². The van der Waals surface area contributed by atoms with Gasteiger partial charge in [0.05, 0.1) is 11.5 Å². The molecule has 20 heavy (non-hydrogen) atoms. The number of rotatable bonds is 8. The smallest absolute Gasteiger partial charge is 0.300 e. The van der Waals surface area contributed by atoms with Gasteiger partial charge in [-0.25, -0.2) is 13.1 Å². The van der Waals surface area contributed by atoms with Crippen molar-refractivity contribution in [2.75, 3.05) is 19.8 Å². The van der Waals surface area contributed by atoms with Crippen LogP contribution in [-0.2, 0) is 14.8 Å². The van der Waals surface area contributed by atoms with Crippen molar-refractivity contribution < 1.29 is 18.1 Å². The lowest BCUT2D eigenvalue weighted by Gasteiger charge is -2.07. The second-order valence-corrected chi connectivity index (χ2v) is 8.00. The lowest BCUT2D eigenvalue weighted by Crippen LogP contribution is -2.27. The van der Waals surface area contributed by atoms with Crippen LogP contribution in [0.15, 0.2) is 10.3 Å². The molecule has 1 aromatic heterocycles. The monoisotopic (exact) mass is 342 g/mol. The summed E-state index contributed by atoms with van der Waals surface area (Å²) in [5.74, 6) is 0.366. The van der Waals surface area contributed by atoms with Gasteiger partial charge >= 0.3 is 0 Å². The molecule has 0 spiro atoms. The van der Waals surface area contributed by atoms with E-state index in [1.54, 1.807) is 0 Å². The normalized spacial score (nSPS) is 12.0. The third-order valence-corrected chi connectivity index (χ3v) is 5.37. The van der Waals surface area contributed by atoms with E-state index in [0.29, 0.717) is 23.9 Å². The van der Waals surface area contributed by atoms with Gasteiger partial charge in [0.25, 0.3) is 5.69 Å². The first-order chi connectivity index (χ1) is 9.24. The lowest BCUT2D eigenvalue weighted by atomic mass is 10.2. The summed E-state index contributed by atoms with van der Waals surface area (Å²) < 4.78 is 31.0. The van der Waals surface area contributed by atoms with E-state index in [1.165, 1.54) is 0 Å². The van der Waals surface area contributed by atoms with Crippen LogP contribution in [0.5, 0.6) is 0 Å². The van der Waals surface area contributed by atoms with E-state index >= 15 is 0 Å². The van der Waals surface area contributed by atoms with E-state index in [-0.39, 0.29) is 21.7 Å². The summed E-state index contributed by atoms with van der Waals surface area (Å²) in [6.07, 6.45) is 0. The molecule has 7 nitrogen and oxygen atoms in total. The number of ether oxygens (including phenoxy) is 1. The summed E-state index contributed by atoms with van der Waals surface area (Å²) in [5, 5.41) is 10.6. The zero-order valence-corrected chi connectivity index (χ0v) is 13.3. The highest BCUT2D eigenvalue weighted by atomic mass is 35.5. The predicted molar refractivity (Wildman–Crippen MR) is 76.8 cm³/mol. The number of sulfonamides is 1. The molecule has 0 saturated heterocycles. The Morgan fingerprint density at radius 3 is 2.70 bits per heavy atom. The molecule has 1 N–H and O–H groups in total. The fraction of sp³-hybridized carbons (Fsp3) is 0.600. The van der Waals surface area contributed by atoms with Crippen LogP contribution in [-0.4, -0.2) is 33.1 Å². The van der Waals surface area contributed by atoms with Crippen molar-refractivity contribution in [3.8, 4) is 0 Å². The van der Waals surface area contributed by atoms with Gasteiger partial charge in [-0.3, -0.25) is 10.1 Å². The fourth-order valence-corrected chi connectivity index (χ4v) is 3.96. The first kappa shape index (κ1) is 17.3. The van der Waals surface area contributed by atoms with E-state index in [1.807, 2.05) is 13.8 Å². The van der Waals surface area contributed by atoms with Crippen molar-refractivity contribution in [1.29, 1.82) is 0 Å². The third kappa shape index (κ3) is 4.98. The molecule has 114 valence electrons. The molecule has 0 fully saturated rings. The van der Waals surface area contributed by atoms with Crippen LogP contribution in [0.2, 0.25) is 4.34 Å². The Bertz CT molecular complexity index is 570. The molecule has 0 atom stereocenters. The number of nitrogens with one attached hydrogen (secondary N) is 1. The van der Waals surface area contributed by atoms with Crippen LogP contribution in [0.3, 0.4) is 0 Å². The zero-order valence-electron chi connectivity index (χ0n) is 11.0. The van der Waals surface area contributed by atoms with Crippen LogP contribution in [0.1, 0.15) is 13.8 Å². The molecule has 1 rings (SSSR count). The maximum atomic E-state index is 11.9. The Hall–Kier alpha value is -0.740. The van der Waals surface area contributed by atoms with Crippen LogP contribution in [0.4, 0.5) is 5.69 Å². The Morgan fingerprint density at radius 1 is 1.55 bits per heavy atom. The van der Waals surface area contributed by atoms with Crippen LogP contribution in [0, 0.1) is 16.0 Å². The maximum absolute atomic E-state index is 11.9. The lowest BCUT2D eigenvalue weighted by molar-refractivity contribution is -0.384. The molecular weight excluding hydrogens is 328 g/mol. The highest BCUT2D eigenvalue weighted by Gasteiger charge is 2.24. The van der Waals surface area contributed by atoms with Crippen LogP contribution < -0.4 is 4.72 Å². The van der Waals surface area contributed by atoms with E-state index in [9.17, 15) is 18.5 Å². The summed E-state index contributed by atoms with van der Waals surface area (Å²) >= 11 is 6.28.